The molecule has 0 radical (unpaired) electrons. The first-order valence-electron chi connectivity index (χ1n) is 9.96. The van der Waals surface area contributed by atoms with Crippen LogP contribution < -0.4 is 5.73 Å². The summed E-state index contributed by atoms with van der Waals surface area (Å²) in [4.78, 5) is 9.17. The van der Waals surface area contributed by atoms with Crippen molar-refractivity contribution >= 4 is 27.6 Å². The number of nitrogen functional groups attached to an aromatic ring is 1. The van der Waals surface area contributed by atoms with Crippen molar-refractivity contribution in [2.24, 2.45) is 0 Å². The number of pyridine rings is 2. The third kappa shape index (κ3) is 3.45. The lowest BCUT2D eigenvalue weighted by atomic mass is 9.95. The number of rotatable bonds is 4. The van der Waals surface area contributed by atoms with Crippen LogP contribution in [0.5, 0.6) is 0 Å². The Morgan fingerprint density at radius 2 is 1.75 bits per heavy atom. The molecule has 2 aromatic carbocycles. The van der Waals surface area contributed by atoms with Crippen LogP contribution in [0.3, 0.4) is 0 Å². The molecule has 2 aromatic heterocycles. The summed E-state index contributed by atoms with van der Waals surface area (Å²) < 4.78 is 0. The highest BCUT2D eigenvalue weighted by atomic mass is 14.9. The molecule has 28 heavy (non-hydrogen) atoms. The maximum Gasteiger partial charge on any atom is 0.150 e. The first-order chi connectivity index (χ1) is 13.4. The van der Waals surface area contributed by atoms with Gasteiger partial charge in [0.2, 0.25) is 0 Å². The van der Waals surface area contributed by atoms with Gasteiger partial charge >= 0.3 is 0 Å². The summed E-state index contributed by atoms with van der Waals surface area (Å²) in [5.74, 6) is 1.06. The Bertz CT molecular complexity index is 1180. The zero-order chi connectivity index (χ0) is 19.8. The molecule has 0 aliphatic heterocycles. The first kappa shape index (κ1) is 18.4. The fraction of sp³-hybridized carbons (Fsp3) is 0.280. The van der Waals surface area contributed by atoms with Gasteiger partial charge < -0.3 is 5.73 Å². The molecule has 0 atom stereocenters. The molecular formula is C25H27N3. The molecule has 4 aromatic rings. The number of nitrogens with two attached hydrogens (primary N) is 1. The summed E-state index contributed by atoms with van der Waals surface area (Å²) in [5.41, 5.74) is 14.5. The Balaban J connectivity index is 1.67. The van der Waals surface area contributed by atoms with Gasteiger partial charge in [-0.1, -0.05) is 44.2 Å². The van der Waals surface area contributed by atoms with Crippen molar-refractivity contribution in [2.75, 3.05) is 5.73 Å². The third-order valence-corrected chi connectivity index (χ3v) is 5.59. The summed E-state index contributed by atoms with van der Waals surface area (Å²) in [6, 6.07) is 15.4. The van der Waals surface area contributed by atoms with Gasteiger partial charge in [0.15, 0.2) is 5.82 Å². The summed E-state index contributed by atoms with van der Waals surface area (Å²) >= 11 is 0. The van der Waals surface area contributed by atoms with Gasteiger partial charge in [0.05, 0.1) is 5.52 Å². The van der Waals surface area contributed by atoms with Crippen molar-refractivity contribution in [3.63, 3.8) is 0 Å². The fourth-order valence-electron chi connectivity index (χ4n) is 3.84. The van der Waals surface area contributed by atoms with Gasteiger partial charge in [-0.2, -0.15) is 0 Å². The minimum absolute atomic E-state index is 0.500. The Labute approximate surface area is 166 Å². The van der Waals surface area contributed by atoms with E-state index in [1.807, 2.05) is 6.20 Å². The van der Waals surface area contributed by atoms with Crippen molar-refractivity contribution in [1.82, 2.24) is 9.97 Å². The lowest BCUT2D eigenvalue weighted by molar-refractivity contribution is 0.859. The second kappa shape index (κ2) is 7.23. The van der Waals surface area contributed by atoms with Crippen molar-refractivity contribution in [1.29, 1.82) is 0 Å². The SMILES string of the molecule is Cc1ccc2c(c1)nc(N)c1ncc(CCc3ccc(C(C)C)cc3C)cc12. The largest absolute Gasteiger partial charge is 0.382 e. The average molecular weight is 370 g/mol. The van der Waals surface area contributed by atoms with E-state index in [1.165, 1.54) is 27.8 Å². The Kier molecular flexibility index (Phi) is 4.76. The molecule has 3 heteroatoms. The van der Waals surface area contributed by atoms with Crippen molar-refractivity contribution in [2.45, 2.75) is 46.5 Å². The second-order valence-electron chi connectivity index (χ2n) is 8.10. The van der Waals surface area contributed by atoms with E-state index in [9.17, 15) is 0 Å². The predicted octanol–water partition coefficient (Wildman–Crippen LogP) is 5.89. The predicted molar refractivity (Wildman–Crippen MR) is 119 cm³/mol. The maximum atomic E-state index is 6.17. The molecule has 2 N–H and O–H groups in total. The molecule has 0 aliphatic carbocycles. The molecule has 0 amide bonds. The molecule has 0 aliphatic rings. The number of aryl methyl sites for hydroxylation is 4. The van der Waals surface area contributed by atoms with Gasteiger partial charge in [-0.3, -0.25) is 4.98 Å². The number of benzene rings is 2. The maximum absolute atomic E-state index is 6.17. The molecular weight excluding hydrogens is 342 g/mol. The second-order valence-corrected chi connectivity index (χ2v) is 8.10. The Hall–Kier alpha value is -2.94. The molecule has 0 unspecified atom stereocenters. The number of nitrogens with zero attached hydrogens (tertiary/aromatic N) is 2. The first-order valence-corrected chi connectivity index (χ1v) is 9.96. The van der Waals surface area contributed by atoms with E-state index < -0.39 is 0 Å². The van der Waals surface area contributed by atoms with E-state index in [-0.39, 0.29) is 0 Å². The molecule has 0 bridgehead atoms. The molecule has 4 rings (SSSR count). The zero-order valence-electron chi connectivity index (χ0n) is 17.1. The van der Waals surface area contributed by atoms with Gasteiger partial charge in [0.1, 0.15) is 5.52 Å². The highest BCUT2D eigenvalue weighted by Crippen LogP contribution is 2.28. The minimum atomic E-state index is 0.500. The topological polar surface area (TPSA) is 51.8 Å². The van der Waals surface area contributed by atoms with Crippen molar-refractivity contribution < 1.29 is 0 Å². The van der Waals surface area contributed by atoms with E-state index in [0.717, 1.165) is 34.6 Å². The average Bonchev–Trinajstić information content (AvgIpc) is 2.66. The number of anilines is 1. The molecule has 0 fully saturated rings. The zero-order valence-corrected chi connectivity index (χ0v) is 17.1. The highest BCUT2D eigenvalue weighted by Gasteiger charge is 2.10. The summed E-state index contributed by atoms with van der Waals surface area (Å²) in [7, 11) is 0. The van der Waals surface area contributed by atoms with E-state index in [2.05, 4.69) is 80.1 Å². The lowest BCUT2D eigenvalue weighted by Gasteiger charge is -2.12. The molecule has 2 heterocycles. The molecule has 142 valence electrons. The lowest BCUT2D eigenvalue weighted by Crippen LogP contribution is -1.99. The standard InChI is InChI=1S/C25H27N3/c1-15(2)20-9-8-19(17(4)12-20)7-6-18-13-22-21-10-5-16(3)11-23(21)28-25(26)24(22)27-14-18/h5,8-15H,6-7H2,1-4H3,(H2,26,28). The van der Waals surface area contributed by atoms with Gasteiger partial charge in [0.25, 0.3) is 0 Å². The van der Waals surface area contributed by atoms with Gasteiger partial charge in [0, 0.05) is 17.0 Å². The van der Waals surface area contributed by atoms with Gasteiger partial charge in [-0.05, 0) is 72.6 Å². The number of aromatic nitrogens is 2. The summed E-state index contributed by atoms with van der Waals surface area (Å²) in [6.07, 6.45) is 3.91. The van der Waals surface area contributed by atoms with Crippen LogP contribution in [0.2, 0.25) is 0 Å². The highest BCUT2D eigenvalue weighted by molar-refractivity contribution is 6.08. The molecule has 0 spiro atoms. The van der Waals surface area contributed by atoms with Crippen LogP contribution in [-0.2, 0) is 12.8 Å². The smallest absolute Gasteiger partial charge is 0.150 e. The number of hydrogen-bond acceptors (Lipinski definition) is 3. The van der Waals surface area contributed by atoms with E-state index in [0.29, 0.717) is 11.7 Å². The summed E-state index contributed by atoms with van der Waals surface area (Å²) in [6.45, 7) is 8.76. The number of hydrogen-bond donors (Lipinski definition) is 1. The van der Waals surface area contributed by atoms with Gasteiger partial charge in [-0.25, -0.2) is 4.98 Å². The van der Waals surface area contributed by atoms with Crippen molar-refractivity contribution in [3.05, 3.63) is 76.5 Å². The molecule has 0 saturated carbocycles. The summed E-state index contributed by atoms with van der Waals surface area (Å²) in [5, 5.41) is 2.20. The van der Waals surface area contributed by atoms with Crippen LogP contribution in [0.1, 0.15) is 47.6 Å². The van der Waals surface area contributed by atoms with E-state index in [4.69, 9.17) is 5.73 Å². The van der Waals surface area contributed by atoms with Crippen LogP contribution in [0.25, 0.3) is 21.8 Å². The molecule has 0 saturated heterocycles. The third-order valence-electron chi connectivity index (χ3n) is 5.59. The van der Waals surface area contributed by atoms with Crippen LogP contribution in [0.4, 0.5) is 5.82 Å². The molecule has 3 nitrogen and oxygen atoms in total. The number of fused-ring (bicyclic) bond motifs is 3. The van der Waals surface area contributed by atoms with Crippen LogP contribution >= 0.6 is 0 Å². The van der Waals surface area contributed by atoms with Gasteiger partial charge in [-0.15, -0.1) is 0 Å². The normalized spacial score (nSPS) is 11.6. The fourth-order valence-corrected chi connectivity index (χ4v) is 3.84. The minimum Gasteiger partial charge on any atom is -0.382 e. The Morgan fingerprint density at radius 3 is 2.50 bits per heavy atom. The quantitative estimate of drug-likeness (QED) is 0.456. The van der Waals surface area contributed by atoms with E-state index in [1.54, 1.807) is 0 Å². The van der Waals surface area contributed by atoms with Crippen LogP contribution in [-0.4, -0.2) is 9.97 Å². The van der Waals surface area contributed by atoms with Crippen LogP contribution in [0.15, 0.2) is 48.7 Å². The monoisotopic (exact) mass is 369 g/mol. The Morgan fingerprint density at radius 1 is 0.929 bits per heavy atom. The van der Waals surface area contributed by atoms with Crippen molar-refractivity contribution in [3.8, 4) is 0 Å². The van der Waals surface area contributed by atoms with E-state index >= 15 is 0 Å². The van der Waals surface area contributed by atoms with Crippen LogP contribution in [0, 0.1) is 13.8 Å².